The molecule has 1 aromatic rings. The lowest BCUT2D eigenvalue weighted by Gasteiger charge is -2.34. The van der Waals surface area contributed by atoms with Crippen molar-refractivity contribution in [3.05, 3.63) is 35.4 Å². The number of rotatable bonds is 3. The minimum Gasteiger partial charge on any atom is -0.465 e. The summed E-state index contributed by atoms with van der Waals surface area (Å²) in [5.74, 6) is -0.457. The number of alkyl halides is 1. The van der Waals surface area contributed by atoms with Crippen LogP contribution < -0.4 is 0 Å². The van der Waals surface area contributed by atoms with Crippen molar-refractivity contribution in [3.63, 3.8) is 0 Å². The number of ether oxygens (including phenoxy) is 3. The van der Waals surface area contributed by atoms with Gasteiger partial charge in [-0.3, -0.25) is 4.90 Å². The standard InChI is InChI=1S/C19H26FNO5/c1-18(2,3)26-17(23)21-14(11-20)15(25-19(21,4)5)12-7-9-13(10-8-12)16(22)24-6/h7-10,14-15H,11H2,1-6H3/t14-,15-/m1/s1. The molecule has 1 amide bonds. The summed E-state index contributed by atoms with van der Waals surface area (Å²) in [7, 11) is 1.30. The Kier molecular flexibility index (Phi) is 5.61. The molecule has 1 fully saturated rings. The van der Waals surface area contributed by atoms with Gasteiger partial charge in [-0.1, -0.05) is 12.1 Å². The van der Waals surface area contributed by atoms with Crippen molar-refractivity contribution in [2.45, 2.75) is 58.1 Å². The molecule has 0 aliphatic carbocycles. The van der Waals surface area contributed by atoms with Crippen LogP contribution in [0, 0.1) is 0 Å². The van der Waals surface area contributed by atoms with E-state index in [0.29, 0.717) is 11.1 Å². The molecule has 1 aliphatic heterocycles. The molecule has 0 N–H and O–H groups in total. The fourth-order valence-corrected chi connectivity index (χ4v) is 3.01. The van der Waals surface area contributed by atoms with Crippen molar-refractivity contribution in [1.82, 2.24) is 4.90 Å². The van der Waals surface area contributed by atoms with Crippen molar-refractivity contribution >= 4 is 12.1 Å². The Bertz CT molecular complexity index is 666. The van der Waals surface area contributed by atoms with Gasteiger partial charge < -0.3 is 14.2 Å². The Balaban J connectivity index is 2.30. The number of hydrogen-bond donors (Lipinski definition) is 0. The van der Waals surface area contributed by atoms with Gasteiger partial charge in [0.25, 0.3) is 0 Å². The lowest BCUT2D eigenvalue weighted by atomic mass is 10.0. The SMILES string of the molecule is COC(=O)c1ccc([C@H]2OC(C)(C)N(C(=O)OC(C)(C)C)[C@@H]2CF)cc1. The molecule has 1 aliphatic rings. The second-order valence-electron chi connectivity index (χ2n) is 7.67. The third-order valence-electron chi connectivity index (χ3n) is 4.09. The fourth-order valence-electron chi connectivity index (χ4n) is 3.01. The first-order chi connectivity index (χ1) is 12.0. The topological polar surface area (TPSA) is 65.1 Å². The van der Waals surface area contributed by atoms with E-state index in [0.717, 1.165) is 0 Å². The molecule has 26 heavy (non-hydrogen) atoms. The van der Waals surface area contributed by atoms with E-state index in [-0.39, 0.29) is 0 Å². The molecule has 1 heterocycles. The van der Waals surface area contributed by atoms with Gasteiger partial charge in [0.05, 0.1) is 18.7 Å². The smallest absolute Gasteiger partial charge is 0.413 e. The summed E-state index contributed by atoms with van der Waals surface area (Å²) in [6.07, 6.45) is -1.30. The van der Waals surface area contributed by atoms with Gasteiger partial charge in [0.1, 0.15) is 24.1 Å². The Morgan fingerprint density at radius 3 is 2.27 bits per heavy atom. The first-order valence-electron chi connectivity index (χ1n) is 8.44. The predicted octanol–water partition coefficient (Wildman–Crippen LogP) is 3.86. The molecule has 1 aromatic carbocycles. The van der Waals surface area contributed by atoms with Gasteiger partial charge >= 0.3 is 12.1 Å². The van der Waals surface area contributed by atoms with Crippen LogP contribution in [0.2, 0.25) is 0 Å². The van der Waals surface area contributed by atoms with Crippen molar-refractivity contribution in [1.29, 1.82) is 0 Å². The Hall–Kier alpha value is -2.15. The molecule has 0 aromatic heterocycles. The zero-order valence-electron chi connectivity index (χ0n) is 16.0. The Morgan fingerprint density at radius 1 is 1.23 bits per heavy atom. The first kappa shape index (κ1) is 20.2. The van der Waals surface area contributed by atoms with Crippen LogP contribution in [0.3, 0.4) is 0 Å². The molecule has 2 rings (SSSR count). The highest BCUT2D eigenvalue weighted by Gasteiger charge is 2.51. The van der Waals surface area contributed by atoms with E-state index >= 15 is 0 Å². The summed E-state index contributed by atoms with van der Waals surface area (Å²) in [6.45, 7) is 7.86. The molecule has 0 unspecified atom stereocenters. The highest BCUT2D eigenvalue weighted by molar-refractivity contribution is 5.89. The van der Waals surface area contributed by atoms with E-state index in [1.807, 2.05) is 0 Å². The largest absolute Gasteiger partial charge is 0.465 e. The summed E-state index contributed by atoms with van der Waals surface area (Å²) in [5.41, 5.74) is -0.687. The summed E-state index contributed by atoms with van der Waals surface area (Å²) < 4.78 is 30.0. The zero-order valence-corrected chi connectivity index (χ0v) is 16.0. The number of benzene rings is 1. The zero-order chi connectivity index (χ0) is 19.7. The molecule has 6 nitrogen and oxygen atoms in total. The maximum absolute atomic E-state index is 13.9. The Morgan fingerprint density at radius 2 is 1.81 bits per heavy atom. The van der Waals surface area contributed by atoms with Crippen molar-refractivity contribution in [2.75, 3.05) is 13.8 Å². The lowest BCUT2D eigenvalue weighted by Crippen LogP contribution is -2.50. The van der Waals surface area contributed by atoms with Gasteiger partial charge in [-0.05, 0) is 52.3 Å². The van der Waals surface area contributed by atoms with E-state index in [9.17, 15) is 14.0 Å². The van der Waals surface area contributed by atoms with Crippen LogP contribution in [-0.2, 0) is 14.2 Å². The van der Waals surface area contributed by atoms with Crippen LogP contribution in [-0.4, -0.2) is 48.1 Å². The van der Waals surface area contributed by atoms with Gasteiger partial charge in [0, 0.05) is 0 Å². The van der Waals surface area contributed by atoms with Crippen molar-refractivity contribution < 1.29 is 28.2 Å². The maximum Gasteiger partial charge on any atom is 0.413 e. The number of methoxy groups -OCH3 is 1. The van der Waals surface area contributed by atoms with E-state index in [2.05, 4.69) is 4.74 Å². The van der Waals surface area contributed by atoms with Gasteiger partial charge in [0.15, 0.2) is 0 Å². The van der Waals surface area contributed by atoms with Crippen LogP contribution >= 0.6 is 0 Å². The second kappa shape index (κ2) is 7.23. The van der Waals surface area contributed by atoms with Gasteiger partial charge in [-0.25, -0.2) is 14.0 Å². The highest BCUT2D eigenvalue weighted by Crippen LogP contribution is 2.42. The monoisotopic (exact) mass is 367 g/mol. The number of nitrogens with zero attached hydrogens (tertiary/aromatic N) is 1. The molecule has 0 bridgehead atoms. The predicted molar refractivity (Wildman–Crippen MR) is 93.5 cm³/mol. The van der Waals surface area contributed by atoms with E-state index < -0.39 is 42.2 Å². The van der Waals surface area contributed by atoms with Gasteiger partial charge in [-0.2, -0.15) is 0 Å². The number of carbonyl (C=O) groups is 2. The number of amides is 1. The lowest BCUT2D eigenvalue weighted by molar-refractivity contribution is -0.0797. The Labute approximate surface area is 153 Å². The van der Waals surface area contributed by atoms with Gasteiger partial charge in [0.2, 0.25) is 0 Å². The number of hydrogen-bond acceptors (Lipinski definition) is 5. The highest BCUT2D eigenvalue weighted by atomic mass is 19.1. The molecular weight excluding hydrogens is 341 g/mol. The van der Waals surface area contributed by atoms with Crippen LogP contribution in [0.25, 0.3) is 0 Å². The molecule has 1 saturated heterocycles. The minimum absolute atomic E-state index is 0.384. The molecule has 144 valence electrons. The van der Waals surface area contributed by atoms with Crippen LogP contribution in [0.15, 0.2) is 24.3 Å². The molecule has 0 saturated carbocycles. The minimum atomic E-state index is -1.04. The van der Waals surface area contributed by atoms with Crippen LogP contribution in [0.1, 0.15) is 56.6 Å². The average Bonchev–Trinajstić information content (AvgIpc) is 2.83. The van der Waals surface area contributed by atoms with E-state index in [1.54, 1.807) is 58.9 Å². The van der Waals surface area contributed by atoms with E-state index in [4.69, 9.17) is 9.47 Å². The quantitative estimate of drug-likeness (QED) is 0.759. The number of esters is 1. The summed E-state index contributed by atoms with van der Waals surface area (Å²) in [4.78, 5) is 25.5. The van der Waals surface area contributed by atoms with Crippen molar-refractivity contribution in [2.24, 2.45) is 0 Å². The molecule has 2 atom stereocenters. The average molecular weight is 367 g/mol. The maximum atomic E-state index is 13.9. The third-order valence-corrected chi connectivity index (χ3v) is 4.09. The van der Waals surface area contributed by atoms with Gasteiger partial charge in [-0.15, -0.1) is 0 Å². The third kappa shape index (κ3) is 4.15. The first-order valence-corrected chi connectivity index (χ1v) is 8.44. The number of halogens is 1. The fraction of sp³-hybridized carbons (Fsp3) is 0.579. The van der Waals surface area contributed by atoms with Crippen LogP contribution in [0.5, 0.6) is 0 Å². The second-order valence-corrected chi connectivity index (χ2v) is 7.67. The molecule has 0 spiro atoms. The summed E-state index contributed by atoms with van der Waals surface area (Å²) in [6, 6.07) is 5.69. The summed E-state index contributed by atoms with van der Waals surface area (Å²) in [5, 5.41) is 0. The molecule has 7 heteroatoms. The van der Waals surface area contributed by atoms with Crippen molar-refractivity contribution in [3.8, 4) is 0 Å². The molecule has 0 radical (unpaired) electrons. The van der Waals surface area contributed by atoms with E-state index in [1.165, 1.54) is 12.0 Å². The van der Waals surface area contributed by atoms with Crippen LogP contribution in [0.4, 0.5) is 9.18 Å². The number of carbonyl (C=O) groups excluding carboxylic acids is 2. The normalized spacial score (nSPS) is 22.2. The molecular formula is C19H26FNO5. The summed E-state index contributed by atoms with van der Waals surface area (Å²) >= 11 is 0.